The SMILES string of the molecule is C[C@H](NC(=O)C1(N)CCOCC1)C1CCCCC1. The number of rotatable bonds is 3. The van der Waals surface area contributed by atoms with Crippen molar-refractivity contribution in [3.05, 3.63) is 0 Å². The van der Waals surface area contributed by atoms with Crippen LogP contribution in [0.15, 0.2) is 0 Å². The summed E-state index contributed by atoms with van der Waals surface area (Å²) in [7, 11) is 0. The fourth-order valence-corrected chi connectivity index (χ4v) is 3.07. The van der Waals surface area contributed by atoms with Crippen LogP contribution in [0.2, 0.25) is 0 Å². The Morgan fingerprint density at radius 3 is 2.50 bits per heavy atom. The van der Waals surface area contributed by atoms with Crippen molar-refractivity contribution in [3.8, 4) is 0 Å². The molecule has 18 heavy (non-hydrogen) atoms. The normalized spacial score (nSPS) is 26.6. The van der Waals surface area contributed by atoms with Crippen LogP contribution in [0.25, 0.3) is 0 Å². The Labute approximate surface area is 110 Å². The number of carbonyl (C=O) groups is 1. The van der Waals surface area contributed by atoms with Crippen molar-refractivity contribution in [1.82, 2.24) is 5.32 Å². The first-order valence-corrected chi connectivity index (χ1v) is 7.29. The second-order valence-electron chi connectivity index (χ2n) is 5.93. The molecule has 2 rings (SSSR count). The first-order valence-electron chi connectivity index (χ1n) is 7.29. The van der Waals surface area contributed by atoms with E-state index in [9.17, 15) is 4.79 Å². The first kappa shape index (κ1) is 13.8. The Bertz CT molecular complexity index is 282. The molecule has 2 fully saturated rings. The van der Waals surface area contributed by atoms with Gasteiger partial charge in [0.15, 0.2) is 0 Å². The highest BCUT2D eigenvalue weighted by Gasteiger charge is 2.37. The van der Waals surface area contributed by atoms with E-state index in [1.54, 1.807) is 0 Å². The maximum atomic E-state index is 12.3. The number of amides is 1. The Kier molecular flexibility index (Phi) is 4.62. The van der Waals surface area contributed by atoms with Gasteiger partial charge in [-0.25, -0.2) is 0 Å². The number of ether oxygens (including phenoxy) is 1. The van der Waals surface area contributed by atoms with Gasteiger partial charge in [-0.15, -0.1) is 0 Å². The molecule has 0 aromatic rings. The third kappa shape index (κ3) is 3.23. The molecule has 1 saturated carbocycles. The molecule has 0 aromatic carbocycles. The molecule has 4 nitrogen and oxygen atoms in total. The molecule has 0 bridgehead atoms. The predicted molar refractivity (Wildman–Crippen MR) is 71.2 cm³/mol. The van der Waals surface area contributed by atoms with E-state index < -0.39 is 5.54 Å². The van der Waals surface area contributed by atoms with Crippen LogP contribution in [0.1, 0.15) is 51.9 Å². The number of hydrogen-bond acceptors (Lipinski definition) is 3. The monoisotopic (exact) mass is 254 g/mol. The summed E-state index contributed by atoms with van der Waals surface area (Å²) in [4.78, 5) is 12.3. The highest BCUT2D eigenvalue weighted by atomic mass is 16.5. The summed E-state index contributed by atoms with van der Waals surface area (Å²) in [5.41, 5.74) is 5.48. The first-order chi connectivity index (χ1) is 8.62. The summed E-state index contributed by atoms with van der Waals surface area (Å²) in [6, 6.07) is 0.251. The number of hydrogen-bond donors (Lipinski definition) is 2. The summed E-state index contributed by atoms with van der Waals surface area (Å²) in [5.74, 6) is 0.648. The Balaban J connectivity index is 1.85. The minimum atomic E-state index is -0.707. The van der Waals surface area contributed by atoms with Gasteiger partial charge in [0.05, 0.1) is 5.54 Å². The van der Waals surface area contributed by atoms with Gasteiger partial charge in [0.25, 0.3) is 0 Å². The largest absolute Gasteiger partial charge is 0.381 e. The van der Waals surface area contributed by atoms with Crippen LogP contribution in [-0.2, 0) is 9.53 Å². The lowest BCUT2D eigenvalue weighted by Crippen LogP contribution is -2.59. The molecule has 1 heterocycles. The molecule has 0 radical (unpaired) electrons. The zero-order valence-electron chi connectivity index (χ0n) is 11.4. The van der Waals surface area contributed by atoms with Crippen molar-refractivity contribution in [2.45, 2.75) is 63.5 Å². The summed E-state index contributed by atoms with van der Waals surface area (Å²) < 4.78 is 5.28. The molecule has 1 aliphatic heterocycles. The van der Waals surface area contributed by atoms with Crippen molar-refractivity contribution in [2.75, 3.05) is 13.2 Å². The molecule has 104 valence electrons. The molecular formula is C14H26N2O2. The third-order valence-electron chi connectivity index (χ3n) is 4.55. The molecule has 1 amide bonds. The van der Waals surface area contributed by atoms with E-state index in [-0.39, 0.29) is 11.9 Å². The van der Waals surface area contributed by atoms with E-state index in [2.05, 4.69) is 12.2 Å². The Hall–Kier alpha value is -0.610. The molecule has 0 unspecified atom stereocenters. The zero-order chi connectivity index (χ0) is 13.0. The summed E-state index contributed by atoms with van der Waals surface area (Å²) in [5, 5.41) is 3.14. The van der Waals surface area contributed by atoms with Crippen molar-refractivity contribution >= 4 is 5.91 Å². The van der Waals surface area contributed by atoms with Gasteiger partial charge in [-0.2, -0.15) is 0 Å². The number of nitrogens with one attached hydrogen (secondary N) is 1. The second kappa shape index (κ2) is 6.02. The average Bonchev–Trinajstić information content (AvgIpc) is 2.40. The fraction of sp³-hybridized carbons (Fsp3) is 0.929. The molecule has 4 heteroatoms. The summed E-state index contributed by atoms with van der Waals surface area (Å²) in [6.45, 7) is 3.32. The van der Waals surface area contributed by atoms with E-state index in [4.69, 9.17) is 10.5 Å². The van der Waals surface area contributed by atoms with Gasteiger partial charge in [0, 0.05) is 19.3 Å². The minimum Gasteiger partial charge on any atom is -0.381 e. The van der Waals surface area contributed by atoms with E-state index >= 15 is 0 Å². The van der Waals surface area contributed by atoms with Crippen molar-refractivity contribution in [3.63, 3.8) is 0 Å². The third-order valence-corrected chi connectivity index (χ3v) is 4.55. The van der Waals surface area contributed by atoms with Crippen LogP contribution in [0.3, 0.4) is 0 Å². The van der Waals surface area contributed by atoms with Gasteiger partial charge in [-0.05, 0) is 38.5 Å². The quantitative estimate of drug-likeness (QED) is 0.803. The van der Waals surface area contributed by atoms with Gasteiger partial charge in [0.2, 0.25) is 5.91 Å². The van der Waals surface area contributed by atoms with Gasteiger partial charge < -0.3 is 15.8 Å². The smallest absolute Gasteiger partial charge is 0.240 e. The Morgan fingerprint density at radius 2 is 1.89 bits per heavy atom. The molecule has 1 atom stereocenters. The van der Waals surface area contributed by atoms with Crippen LogP contribution in [-0.4, -0.2) is 30.7 Å². The fourth-order valence-electron chi connectivity index (χ4n) is 3.07. The maximum absolute atomic E-state index is 12.3. The van der Waals surface area contributed by atoms with Crippen LogP contribution in [0.5, 0.6) is 0 Å². The van der Waals surface area contributed by atoms with Crippen LogP contribution in [0, 0.1) is 5.92 Å². The molecular weight excluding hydrogens is 228 g/mol. The topological polar surface area (TPSA) is 64.4 Å². The van der Waals surface area contributed by atoms with E-state index in [0.29, 0.717) is 32.0 Å². The van der Waals surface area contributed by atoms with Gasteiger partial charge in [-0.1, -0.05) is 19.3 Å². The number of nitrogens with two attached hydrogens (primary N) is 1. The van der Waals surface area contributed by atoms with Crippen molar-refractivity contribution in [2.24, 2.45) is 11.7 Å². The molecule has 0 aromatic heterocycles. The van der Waals surface area contributed by atoms with Gasteiger partial charge >= 0.3 is 0 Å². The summed E-state index contributed by atoms with van der Waals surface area (Å²) >= 11 is 0. The lowest BCUT2D eigenvalue weighted by molar-refractivity contribution is -0.130. The average molecular weight is 254 g/mol. The van der Waals surface area contributed by atoms with E-state index in [1.165, 1.54) is 32.1 Å². The Morgan fingerprint density at radius 1 is 1.28 bits per heavy atom. The highest BCUT2D eigenvalue weighted by Crippen LogP contribution is 2.27. The second-order valence-corrected chi connectivity index (χ2v) is 5.93. The van der Waals surface area contributed by atoms with E-state index in [0.717, 1.165) is 0 Å². The lowest BCUT2D eigenvalue weighted by Gasteiger charge is -2.35. The predicted octanol–water partition coefficient (Wildman–Crippen LogP) is 1.58. The van der Waals surface area contributed by atoms with Gasteiger partial charge in [0.1, 0.15) is 0 Å². The van der Waals surface area contributed by atoms with Crippen molar-refractivity contribution < 1.29 is 9.53 Å². The highest BCUT2D eigenvalue weighted by molar-refractivity contribution is 5.86. The van der Waals surface area contributed by atoms with Crippen LogP contribution < -0.4 is 11.1 Å². The van der Waals surface area contributed by atoms with Crippen LogP contribution in [0.4, 0.5) is 0 Å². The zero-order valence-corrected chi connectivity index (χ0v) is 11.4. The molecule has 1 aliphatic carbocycles. The molecule has 3 N–H and O–H groups in total. The van der Waals surface area contributed by atoms with E-state index in [1.807, 2.05) is 0 Å². The van der Waals surface area contributed by atoms with Crippen molar-refractivity contribution in [1.29, 1.82) is 0 Å². The lowest BCUT2D eigenvalue weighted by atomic mass is 9.83. The van der Waals surface area contributed by atoms with Gasteiger partial charge in [-0.3, -0.25) is 4.79 Å². The molecule has 1 saturated heterocycles. The molecule has 0 spiro atoms. The van der Waals surface area contributed by atoms with Crippen LogP contribution >= 0.6 is 0 Å². The maximum Gasteiger partial charge on any atom is 0.240 e. The standard InChI is InChI=1S/C14H26N2O2/c1-11(12-5-3-2-4-6-12)16-13(17)14(15)7-9-18-10-8-14/h11-12H,2-10,15H2,1H3,(H,16,17)/t11-/m0/s1. The minimum absolute atomic E-state index is 0.0175. The summed E-state index contributed by atoms with van der Waals surface area (Å²) in [6.07, 6.45) is 7.69. The molecule has 2 aliphatic rings. The number of carbonyl (C=O) groups excluding carboxylic acids is 1.